The zero-order valence-electron chi connectivity index (χ0n) is 13.0. The summed E-state index contributed by atoms with van der Waals surface area (Å²) in [5, 5.41) is 7.80. The van der Waals surface area contributed by atoms with E-state index in [2.05, 4.69) is 24.3 Å². The molecule has 0 saturated carbocycles. The minimum Gasteiger partial charge on any atom is -0.497 e. The number of nitrogens with one attached hydrogen (secondary N) is 1. The Bertz CT molecular complexity index is 555. The predicted octanol–water partition coefficient (Wildman–Crippen LogP) is 2.64. The van der Waals surface area contributed by atoms with Gasteiger partial charge in [-0.15, -0.1) is 0 Å². The Balaban J connectivity index is 1.99. The van der Waals surface area contributed by atoms with Crippen molar-refractivity contribution in [2.75, 3.05) is 14.2 Å². The first-order chi connectivity index (χ1) is 10.2. The molecule has 0 saturated heterocycles. The Kier molecular flexibility index (Phi) is 5.22. The predicted molar refractivity (Wildman–Crippen MR) is 82.8 cm³/mol. The standard InChI is InChI=1S/C16H23N3O2/c1-12(13(2)19-9-5-8-18-19)17-11-14-6-7-15(20-3)10-16(14)21-4/h5-10,12-13,17H,11H2,1-4H3/t12-,13+/m1/s1. The molecule has 21 heavy (non-hydrogen) atoms. The molecule has 0 fully saturated rings. The molecule has 114 valence electrons. The number of hydrogen-bond donors (Lipinski definition) is 1. The molecule has 0 aliphatic heterocycles. The topological polar surface area (TPSA) is 48.3 Å². The van der Waals surface area contributed by atoms with Crippen LogP contribution >= 0.6 is 0 Å². The van der Waals surface area contributed by atoms with E-state index in [1.54, 1.807) is 20.4 Å². The maximum Gasteiger partial charge on any atom is 0.127 e. The van der Waals surface area contributed by atoms with E-state index in [9.17, 15) is 0 Å². The summed E-state index contributed by atoms with van der Waals surface area (Å²) in [6, 6.07) is 8.38. The van der Waals surface area contributed by atoms with E-state index in [0.29, 0.717) is 0 Å². The van der Waals surface area contributed by atoms with E-state index < -0.39 is 0 Å². The SMILES string of the molecule is COc1ccc(CN[C@H](C)[C@H](C)n2cccn2)c(OC)c1. The minimum atomic E-state index is 0.282. The van der Waals surface area contributed by atoms with Gasteiger partial charge in [-0.3, -0.25) is 4.68 Å². The number of methoxy groups -OCH3 is 2. The molecule has 1 N–H and O–H groups in total. The lowest BCUT2D eigenvalue weighted by atomic mass is 10.1. The van der Waals surface area contributed by atoms with Crippen molar-refractivity contribution < 1.29 is 9.47 Å². The Morgan fingerprint density at radius 3 is 2.67 bits per heavy atom. The molecular formula is C16H23N3O2. The van der Waals surface area contributed by atoms with Crippen LogP contribution in [0.2, 0.25) is 0 Å². The molecule has 0 spiro atoms. The lowest BCUT2D eigenvalue weighted by molar-refractivity contribution is 0.358. The molecular weight excluding hydrogens is 266 g/mol. The Morgan fingerprint density at radius 1 is 1.24 bits per heavy atom. The summed E-state index contributed by atoms with van der Waals surface area (Å²) in [4.78, 5) is 0. The van der Waals surface area contributed by atoms with Crippen molar-refractivity contribution in [1.82, 2.24) is 15.1 Å². The molecule has 0 unspecified atom stereocenters. The maximum atomic E-state index is 5.42. The van der Waals surface area contributed by atoms with Crippen LogP contribution in [0.15, 0.2) is 36.7 Å². The number of hydrogen-bond acceptors (Lipinski definition) is 4. The highest BCUT2D eigenvalue weighted by atomic mass is 16.5. The van der Waals surface area contributed by atoms with Gasteiger partial charge >= 0.3 is 0 Å². The summed E-state index contributed by atoms with van der Waals surface area (Å²) in [6.45, 7) is 5.04. The van der Waals surface area contributed by atoms with E-state index in [-0.39, 0.29) is 12.1 Å². The molecule has 1 heterocycles. The van der Waals surface area contributed by atoms with Crippen LogP contribution < -0.4 is 14.8 Å². The minimum absolute atomic E-state index is 0.282. The number of nitrogens with zero attached hydrogens (tertiary/aromatic N) is 2. The zero-order chi connectivity index (χ0) is 15.2. The summed E-state index contributed by atoms with van der Waals surface area (Å²) >= 11 is 0. The third kappa shape index (κ3) is 3.76. The molecule has 2 rings (SSSR count). The first-order valence-electron chi connectivity index (χ1n) is 7.09. The van der Waals surface area contributed by atoms with Gasteiger partial charge in [-0.2, -0.15) is 5.10 Å². The van der Waals surface area contributed by atoms with Crippen LogP contribution in [0.3, 0.4) is 0 Å². The second-order valence-electron chi connectivity index (χ2n) is 5.07. The van der Waals surface area contributed by atoms with Crippen LogP contribution in [-0.2, 0) is 6.54 Å². The fourth-order valence-electron chi connectivity index (χ4n) is 2.19. The second kappa shape index (κ2) is 7.13. The third-order valence-corrected chi connectivity index (χ3v) is 3.77. The number of ether oxygens (including phenoxy) is 2. The summed E-state index contributed by atoms with van der Waals surface area (Å²) in [5.74, 6) is 1.63. The van der Waals surface area contributed by atoms with Gasteiger partial charge < -0.3 is 14.8 Å². The van der Waals surface area contributed by atoms with Crippen LogP contribution in [0.1, 0.15) is 25.5 Å². The largest absolute Gasteiger partial charge is 0.497 e. The molecule has 0 amide bonds. The summed E-state index contributed by atoms with van der Waals surface area (Å²) in [5.41, 5.74) is 1.11. The van der Waals surface area contributed by atoms with Gasteiger partial charge in [-0.25, -0.2) is 0 Å². The first-order valence-corrected chi connectivity index (χ1v) is 7.09. The lowest BCUT2D eigenvalue weighted by Crippen LogP contribution is -2.33. The van der Waals surface area contributed by atoms with Gasteiger partial charge in [-0.1, -0.05) is 6.07 Å². The molecule has 5 heteroatoms. The van der Waals surface area contributed by atoms with Gasteiger partial charge in [0, 0.05) is 36.6 Å². The van der Waals surface area contributed by atoms with E-state index in [4.69, 9.17) is 9.47 Å². The second-order valence-corrected chi connectivity index (χ2v) is 5.07. The Labute approximate surface area is 125 Å². The van der Waals surface area contributed by atoms with Gasteiger partial charge in [0.1, 0.15) is 11.5 Å². The van der Waals surface area contributed by atoms with E-state index in [1.165, 1.54) is 0 Å². The molecule has 0 aliphatic rings. The quantitative estimate of drug-likeness (QED) is 0.851. The summed E-state index contributed by atoms with van der Waals surface area (Å²) in [7, 11) is 3.33. The van der Waals surface area contributed by atoms with Crippen LogP contribution in [0.25, 0.3) is 0 Å². The average Bonchev–Trinajstić information content (AvgIpc) is 3.05. The number of aromatic nitrogens is 2. The highest BCUT2D eigenvalue weighted by Crippen LogP contribution is 2.24. The average molecular weight is 289 g/mol. The van der Waals surface area contributed by atoms with Crippen molar-refractivity contribution in [3.8, 4) is 11.5 Å². The van der Waals surface area contributed by atoms with E-state index in [0.717, 1.165) is 23.6 Å². The van der Waals surface area contributed by atoms with Gasteiger partial charge in [0.25, 0.3) is 0 Å². The lowest BCUT2D eigenvalue weighted by Gasteiger charge is -2.22. The third-order valence-electron chi connectivity index (χ3n) is 3.77. The molecule has 1 aromatic carbocycles. The Morgan fingerprint density at radius 2 is 2.05 bits per heavy atom. The molecule has 2 aromatic rings. The molecule has 5 nitrogen and oxygen atoms in total. The normalized spacial score (nSPS) is 13.7. The first kappa shape index (κ1) is 15.4. The van der Waals surface area contributed by atoms with Crippen molar-refractivity contribution in [1.29, 1.82) is 0 Å². The molecule has 2 atom stereocenters. The monoisotopic (exact) mass is 289 g/mol. The fraction of sp³-hybridized carbons (Fsp3) is 0.438. The van der Waals surface area contributed by atoms with Gasteiger partial charge in [0.05, 0.1) is 20.3 Å². The van der Waals surface area contributed by atoms with Crippen LogP contribution in [0.4, 0.5) is 0 Å². The van der Waals surface area contributed by atoms with Crippen molar-refractivity contribution in [2.24, 2.45) is 0 Å². The highest BCUT2D eigenvalue weighted by molar-refractivity contribution is 5.40. The Hall–Kier alpha value is -2.01. The molecule has 0 radical (unpaired) electrons. The summed E-state index contributed by atoms with van der Waals surface area (Å²) in [6.07, 6.45) is 3.78. The van der Waals surface area contributed by atoms with E-state index in [1.807, 2.05) is 35.1 Å². The van der Waals surface area contributed by atoms with Crippen molar-refractivity contribution in [2.45, 2.75) is 32.5 Å². The van der Waals surface area contributed by atoms with Gasteiger partial charge in [0.2, 0.25) is 0 Å². The van der Waals surface area contributed by atoms with Gasteiger partial charge in [-0.05, 0) is 26.0 Å². The zero-order valence-corrected chi connectivity index (χ0v) is 13.0. The molecule has 0 aliphatic carbocycles. The van der Waals surface area contributed by atoms with Crippen molar-refractivity contribution in [3.63, 3.8) is 0 Å². The smallest absolute Gasteiger partial charge is 0.127 e. The number of rotatable bonds is 7. The highest BCUT2D eigenvalue weighted by Gasteiger charge is 2.14. The fourth-order valence-corrected chi connectivity index (χ4v) is 2.19. The molecule has 1 aromatic heterocycles. The van der Waals surface area contributed by atoms with Crippen molar-refractivity contribution >= 4 is 0 Å². The maximum absolute atomic E-state index is 5.42. The van der Waals surface area contributed by atoms with Crippen LogP contribution in [0, 0.1) is 0 Å². The van der Waals surface area contributed by atoms with Crippen LogP contribution in [-0.4, -0.2) is 30.0 Å². The van der Waals surface area contributed by atoms with Crippen molar-refractivity contribution in [3.05, 3.63) is 42.2 Å². The summed E-state index contributed by atoms with van der Waals surface area (Å²) < 4.78 is 12.6. The van der Waals surface area contributed by atoms with E-state index >= 15 is 0 Å². The molecule has 0 bridgehead atoms. The number of benzene rings is 1. The van der Waals surface area contributed by atoms with Crippen LogP contribution in [0.5, 0.6) is 11.5 Å². The van der Waals surface area contributed by atoms with Gasteiger partial charge in [0.15, 0.2) is 0 Å².